The molecular formula is C18H14Br3N3O2. The normalized spacial score (nSPS) is 10.7. The van der Waals surface area contributed by atoms with Crippen molar-refractivity contribution in [1.29, 1.82) is 0 Å². The number of ether oxygens (including phenoxy) is 1. The molecule has 0 radical (unpaired) electrons. The second-order valence-corrected chi connectivity index (χ2v) is 8.28. The van der Waals surface area contributed by atoms with Crippen LogP contribution < -0.4 is 10.1 Å². The van der Waals surface area contributed by atoms with Gasteiger partial charge in [-0.15, -0.1) is 0 Å². The first-order chi connectivity index (χ1) is 12.3. The third-order valence-corrected chi connectivity index (χ3v) is 5.06. The van der Waals surface area contributed by atoms with Crippen LogP contribution in [0.3, 0.4) is 0 Å². The van der Waals surface area contributed by atoms with E-state index in [0.717, 1.165) is 20.1 Å². The fraction of sp³-hybridized carbons (Fsp3) is 0.111. The van der Waals surface area contributed by atoms with Crippen molar-refractivity contribution in [1.82, 2.24) is 9.97 Å². The van der Waals surface area contributed by atoms with Crippen LogP contribution >= 0.6 is 47.8 Å². The van der Waals surface area contributed by atoms with Gasteiger partial charge in [0.25, 0.3) is 0 Å². The highest BCUT2D eigenvalue weighted by Crippen LogP contribution is 2.43. The minimum Gasteiger partial charge on any atom is -0.502 e. The first-order valence-corrected chi connectivity index (χ1v) is 9.93. The molecule has 1 aromatic carbocycles. The fourth-order valence-corrected chi connectivity index (χ4v) is 3.67. The molecule has 2 N–H and O–H groups in total. The lowest BCUT2D eigenvalue weighted by Gasteiger charge is -2.16. The summed E-state index contributed by atoms with van der Waals surface area (Å²) in [5, 5.41) is 13.6. The van der Waals surface area contributed by atoms with Gasteiger partial charge in [0, 0.05) is 21.3 Å². The Bertz CT molecular complexity index is 940. The number of halogens is 3. The van der Waals surface area contributed by atoms with Crippen molar-refractivity contribution in [3.05, 3.63) is 61.2 Å². The molecular weight excluding hydrogens is 530 g/mol. The second kappa shape index (κ2) is 7.94. The molecule has 0 saturated carbocycles. The van der Waals surface area contributed by atoms with E-state index in [4.69, 9.17) is 4.74 Å². The highest BCUT2D eigenvalue weighted by atomic mass is 79.9. The standard InChI is InChI=1S/C18H14Br3N3O2/c1-9-5-12(20)6-10(2)16(9)26-17-13(21)8-23-18(15(17)25)24-14-4-3-11(19)7-22-14/h3-8,25H,1-2H3,(H,22,23,24). The molecule has 0 aliphatic rings. The van der Waals surface area contributed by atoms with Crippen LogP contribution in [0.25, 0.3) is 0 Å². The maximum absolute atomic E-state index is 10.7. The highest BCUT2D eigenvalue weighted by molar-refractivity contribution is 9.11. The van der Waals surface area contributed by atoms with E-state index in [1.807, 2.05) is 32.0 Å². The van der Waals surface area contributed by atoms with Gasteiger partial charge < -0.3 is 15.2 Å². The maximum Gasteiger partial charge on any atom is 0.203 e. The summed E-state index contributed by atoms with van der Waals surface area (Å²) in [6.07, 6.45) is 3.23. The lowest BCUT2D eigenvalue weighted by Crippen LogP contribution is -1.99. The maximum atomic E-state index is 10.7. The number of benzene rings is 1. The largest absolute Gasteiger partial charge is 0.502 e. The Kier molecular flexibility index (Phi) is 5.84. The molecule has 2 aromatic heterocycles. The molecule has 5 nitrogen and oxygen atoms in total. The number of hydrogen-bond acceptors (Lipinski definition) is 5. The molecule has 0 fully saturated rings. The molecule has 8 heteroatoms. The van der Waals surface area contributed by atoms with E-state index >= 15 is 0 Å². The van der Waals surface area contributed by atoms with Crippen molar-refractivity contribution in [2.45, 2.75) is 13.8 Å². The number of nitrogens with zero attached hydrogens (tertiary/aromatic N) is 2. The molecule has 3 aromatic rings. The van der Waals surface area contributed by atoms with Crippen molar-refractivity contribution in [3.8, 4) is 17.2 Å². The summed E-state index contributed by atoms with van der Waals surface area (Å²) in [6.45, 7) is 3.90. The molecule has 2 heterocycles. The lowest BCUT2D eigenvalue weighted by atomic mass is 10.1. The van der Waals surface area contributed by atoms with Crippen molar-refractivity contribution in [3.63, 3.8) is 0 Å². The van der Waals surface area contributed by atoms with E-state index in [1.54, 1.807) is 18.5 Å². The van der Waals surface area contributed by atoms with Crippen LogP contribution in [0.4, 0.5) is 11.6 Å². The van der Waals surface area contributed by atoms with Crippen LogP contribution in [0.1, 0.15) is 11.1 Å². The predicted molar refractivity (Wildman–Crippen MR) is 113 cm³/mol. The molecule has 0 atom stereocenters. The summed E-state index contributed by atoms with van der Waals surface area (Å²) in [5.74, 6) is 1.67. The van der Waals surface area contributed by atoms with Gasteiger partial charge >= 0.3 is 0 Å². The quantitative estimate of drug-likeness (QED) is 0.387. The first kappa shape index (κ1) is 19.1. The number of pyridine rings is 2. The number of aromatic nitrogens is 2. The van der Waals surface area contributed by atoms with Crippen molar-refractivity contribution in [2.75, 3.05) is 5.32 Å². The highest BCUT2D eigenvalue weighted by Gasteiger charge is 2.18. The van der Waals surface area contributed by atoms with Gasteiger partial charge in [-0.1, -0.05) is 15.9 Å². The summed E-state index contributed by atoms with van der Waals surface area (Å²) in [7, 11) is 0. The third-order valence-electron chi connectivity index (χ3n) is 3.57. The van der Waals surface area contributed by atoms with E-state index in [1.165, 1.54) is 0 Å². The Balaban J connectivity index is 1.97. The van der Waals surface area contributed by atoms with Gasteiger partial charge in [0.15, 0.2) is 11.6 Å². The van der Waals surface area contributed by atoms with Crippen LogP contribution in [-0.2, 0) is 0 Å². The van der Waals surface area contributed by atoms with E-state index < -0.39 is 0 Å². The molecule has 0 aliphatic carbocycles. The molecule has 0 amide bonds. The average Bonchev–Trinajstić information content (AvgIpc) is 2.58. The van der Waals surface area contributed by atoms with Gasteiger partial charge in [-0.3, -0.25) is 0 Å². The van der Waals surface area contributed by atoms with Crippen molar-refractivity contribution in [2.24, 2.45) is 0 Å². The monoisotopic (exact) mass is 541 g/mol. The molecule has 134 valence electrons. The zero-order valence-corrected chi connectivity index (χ0v) is 18.6. The number of aryl methyl sites for hydroxylation is 2. The molecule has 0 spiro atoms. The van der Waals surface area contributed by atoms with E-state index in [-0.39, 0.29) is 17.3 Å². The van der Waals surface area contributed by atoms with Crippen LogP contribution in [0.15, 0.2) is 50.1 Å². The molecule has 0 aliphatic heterocycles. The Morgan fingerprint density at radius 3 is 2.23 bits per heavy atom. The first-order valence-electron chi connectivity index (χ1n) is 7.56. The Morgan fingerprint density at radius 2 is 1.62 bits per heavy atom. The summed E-state index contributed by atoms with van der Waals surface area (Å²) >= 11 is 10.2. The fourth-order valence-electron chi connectivity index (χ4n) is 2.38. The minimum atomic E-state index is -0.106. The van der Waals surface area contributed by atoms with Gasteiger partial charge in [-0.2, -0.15) is 0 Å². The van der Waals surface area contributed by atoms with Gasteiger partial charge in [-0.25, -0.2) is 9.97 Å². The minimum absolute atomic E-state index is 0.106. The SMILES string of the molecule is Cc1cc(Br)cc(C)c1Oc1c(Br)cnc(Nc2ccc(Br)cn2)c1O. The zero-order chi connectivity index (χ0) is 18.8. The van der Waals surface area contributed by atoms with Gasteiger partial charge in [-0.05, 0) is 81.1 Å². The van der Waals surface area contributed by atoms with Crippen molar-refractivity contribution < 1.29 is 9.84 Å². The molecule has 26 heavy (non-hydrogen) atoms. The number of hydrogen-bond donors (Lipinski definition) is 2. The van der Waals surface area contributed by atoms with Crippen LogP contribution in [0.5, 0.6) is 17.2 Å². The van der Waals surface area contributed by atoms with E-state index in [0.29, 0.717) is 16.0 Å². The Labute approximate surface area is 176 Å². The summed E-state index contributed by atoms with van der Waals surface area (Å²) < 4.78 is 8.41. The smallest absolute Gasteiger partial charge is 0.203 e. The third kappa shape index (κ3) is 4.19. The van der Waals surface area contributed by atoms with Crippen LogP contribution in [0, 0.1) is 13.8 Å². The van der Waals surface area contributed by atoms with Crippen LogP contribution in [-0.4, -0.2) is 15.1 Å². The number of aromatic hydroxyl groups is 1. The van der Waals surface area contributed by atoms with E-state index in [2.05, 4.69) is 63.1 Å². The van der Waals surface area contributed by atoms with Gasteiger partial charge in [0.05, 0.1) is 4.47 Å². The molecule has 0 saturated heterocycles. The summed E-state index contributed by atoms with van der Waals surface area (Å²) in [5.41, 5.74) is 1.90. The average molecular weight is 544 g/mol. The predicted octanol–water partition coefficient (Wildman–Crippen LogP) is 6.62. The Morgan fingerprint density at radius 1 is 0.923 bits per heavy atom. The second-order valence-electron chi connectivity index (χ2n) is 5.59. The number of anilines is 2. The number of rotatable bonds is 4. The number of nitrogens with one attached hydrogen (secondary N) is 1. The lowest BCUT2D eigenvalue weighted by molar-refractivity contribution is 0.406. The van der Waals surface area contributed by atoms with E-state index in [9.17, 15) is 5.11 Å². The molecule has 3 rings (SSSR count). The summed E-state index contributed by atoms with van der Waals surface area (Å²) in [6, 6.07) is 7.53. The summed E-state index contributed by atoms with van der Waals surface area (Å²) in [4.78, 5) is 8.43. The van der Waals surface area contributed by atoms with Gasteiger partial charge in [0.2, 0.25) is 5.75 Å². The van der Waals surface area contributed by atoms with Gasteiger partial charge in [0.1, 0.15) is 11.6 Å². The zero-order valence-electron chi connectivity index (χ0n) is 13.8. The topological polar surface area (TPSA) is 67.3 Å². The van der Waals surface area contributed by atoms with Crippen LogP contribution in [0.2, 0.25) is 0 Å². The molecule has 0 bridgehead atoms. The molecule has 0 unspecified atom stereocenters. The Hall–Kier alpha value is -1.64. The van der Waals surface area contributed by atoms with Crippen molar-refractivity contribution >= 4 is 59.4 Å².